The van der Waals surface area contributed by atoms with Crippen LogP contribution in [-0.4, -0.2) is 11.9 Å². The van der Waals surface area contributed by atoms with Gasteiger partial charge < -0.3 is 5.32 Å². The van der Waals surface area contributed by atoms with Gasteiger partial charge in [0.2, 0.25) is 0 Å². The van der Waals surface area contributed by atoms with Crippen LogP contribution in [0.15, 0.2) is 22.7 Å². The van der Waals surface area contributed by atoms with E-state index >= 15 is 0 Å². The molecule has 1 N–H and O–H groups in total. The van der Waals surface area contributed by atoms with Gasteiger partial charge in [0.15, 0.2) is 0 Å². The first-order valence-corrected chi connectivity index (χ1v) is 8.68. The summed E-state index contributed by atoms with van der Waals surface area (Å²) in [7, 11) is 0. The topological polar surface area (TPSA) is 29.1 Å². The van der Waals surface area contributed by atoms with Crippen molar-refractivity contribution >= 4 is 21.8 Å². The number of carbonyl (C=O) groups excluding carboxylic acids is 1. The van der Waals surface area contributed by atoms with Gasteiger partial charge in [-0.1, -0.05) is 6.42 Å². The Bertz CT molecular complexity index is 590. The van der Waals surface area contributed by atoms with Crippen molar-refractivity contribution in [1.82, 2.24) is 5.32 Å². The standard InChI is InChI=1S/C17H19BrFNO/c18-14-5-4-9(7-15(14)19)17(21)20-16-8-10-6-13(16)12-3-1-2-11(10)12/h4-5,7,10-13,16H,1-3,6,8H2,(H,20,21). The molecule has 3 aliphatic rings. The largest absolute Gasteiger partial charge is 0.349 e. The molecule has 2 bridgehead atoms. The molecule has 21 heavy (non-hydrogen) atoms. The molecule has 0 aromatic heterocycles. The molecule has 1 aromatic carbocycles. The van der Waals surface area contributed by atoms with Gasteiger partial charge in [0, 0.05) is 11.6 Å². The van der Waals surface area contributed by atoms with Crippen LogP contribution in [0, 0.1) is 29.5 Å². The van der Waals surface area contributed by atoms with E-state index in [1.54, 1.807) is 12.1 Å². The van der Waals surface area contributed by atoms with E-state index in [4.69, 9.17) is 0 Å². The lowest BCUT2D eigenvalue weighted by atomic mass is 9.79. The summed E-state index contributed by atoms with van der Waals surface area (Å²) in [6, 6.07) is 4.88. The van der Waals surface area contributed by atoms with Crippen molar-refractivity contribution < 1.29 is 9.18 Å². The van der Waals surface area contributed by atoms with E-state index in [1.165, 1.54) is 31.7 Å². The lowest BCUT2D eigenvalue weighted by Gasteiger charge is -2.32. The van der Waals surface area contributed by atoms with E-state index < -0.39 is 0 Å². The normalized spacial score (nSPS) is 36.8. The third-order valence-corrected chi connectivity index (χ3v) is 6.57. The maximum atomic E-state index is 13.6. The first-order valence-electron chi connectivity index (χ1n) is 7.89. The summed E-state index contributed by atoms with van der Waals surface area (Å²) in [6.45, 7) is 0. The molecule has 4 rings (SSSR count). The molecule has 3 aliphatic carbocycles. The van der Waals surface area contributed by atoms with E-state index in [0.29, 0.717) is 22.0 Å². The van der Waals surface area contributed by atoms with Gasteiger partial charge in [-0.15, -0.1) is 0 Å². The highest BCUT2D eigenvalue weighted by molar-refractivity contribution is 9.10. The Morgan fingerprint density at radius 3 is 2.81 bits per heavy atom. The summed E-state index contributed by atoms with van der Waals surface area (Å²) < 4.78 is 13.9. The third kappa shape index (κ3) is 2.23. The number of halogens is 2. The van der Waals surface area contributed by atoms with E-state index in [1.807, 2.05) is 0 Å². The second-order valence-corrected chi connectivity index (χ2v) is 7.72. The number of hydrogen-bond donors (Lipinski definition) is 1. The highest BCUT2D eigenvalue weighted by Gasteiger charge is 2.54. The van der Waals surface area contributed by atoms with Crippen molar-refractivity contribution in [3.8, 4) is 0 Å². The van der Waals surface area contributed by atoms with Crippen LogP contribution in [0.2, 0.25) is 0 Å². The first kappa shape index (κ1) is 13.7. The molecule has 0 heterocycles. The highest BCUT2D eigenvalue weighted by Crippen LogP contribution is 2.58. The molecule has 0 radical (unpaired) electrons. The van der Waals surface area contributed by atoms with E-state index in [0.717, 1.165) is 24.2 Å². The fourth-order valence-corrected chi connectivity index (χ4v) is 5.37. The van der Waals surface area contributed by atoms with Crippen LogP contribution in [0.3, 0.4) is 0 Å². The molecule has 3 fully saturated rings. The fourth-order valence-electron chi connectivity index (χ4n) is 5.12. The summed E-state index contributed by atoms with van der Waals surface area (Å²) in [6.07, 6.45) is 6.50. The summed E-state index contributed by atoms with van der Waals surface area (Å²) in [5.41, 5.74) is 0.418. The molecular formula is C17H19BrFNO. The van der Waals surface area contributed by atoms with Gasteiger partial charge in [0.25, 0.3) is 5.91 Å². The quantitative estimate of drug-likeness (QED) is 0.852. The maximum Gasteiger partial charge on any atom is 0.251 e. The fraction of sp³-hybridized carbons (Fsp3) is 0.588. The number of carbonyl (C=O) groups is 1. The summed E-state index contributed by atoms with van der Waals surface area (Å²) in [5, 5.41) is 3.16. The van der Waals surface area contributed by atoms with Gasteiger partial charge in [-0.2, -0.15) is 0 Å². The number of fused-ring (bicyclic) bond motifs is 5. The van der Waals surface area contributed by atoms with Gasteiger partial charge in [-0.3, -0.25) is 4.79 Å². The van der Waals surface area contributed by atoms with Crippen LogP contribution < -0.4 is 5.32 Å². The van der Waals surface area contributed by atoms with E-state index in [-0.39, 0.29) is 11.7 Å². The zero-order valence-corrected chi connectivity index (χ0v) is 13.4. The molecule has 0 spiro atoms. The molecule has 3 saturated carbocycles. The SMILES string of the molecule is O=C(NC1CC2CC1C1CCCC21)c1ccc(Br)c(F)c1. The number of amides is 1. The molecule has 5 atom stereocenters. The molecular weight excluding hydrogens is 333 g/mol. The van der Waals surface area contributed by atoms with Crippen LogP contribution in [0.25, 0.3) is 0 Å². The van der Waals surface area contributed by atoms with Crippen molar-refractivity contribution in [1.29, 1.82) is 0 Å². The summed E-state index contributed by atoms with van der Waals surface area (Å²) >= 11 is 3.12. The number of benzene rings is 1. The zero-order chi connectivity index (χ0) is 14.6. The second kappa shape index (κ2) is 5.08. The number of rotatable bonds is 2. The lowest BCUT2D eigenvalue weighted by Crippen LogP contribution is -2.42. The van der Waals surface area contributed by atoms with E-state index in [9.17, 15) is 9.18 Å². The Labute approximate surface area is 132 Å². The molecule has 5 unspecified atom stereocenters. The predicted octanol–water partition coefficient (Wildman–Crippen LogP) is 4.14. The van der Waals surface area contributed by atoms with Gasteiger partial charge in [-0.05, 0) is 83.5 Å². The Kier molecular flexibility index (Phi) is 3.32. The van der Waals surface area contributed by atoms with Crippen molar-refractivity contribution in [2.45, 2.75) is 38.1 Å². The van der Waals surface area contributed by atoms with E-state index in [2.05, 4.69) is 21.2 Å². The van der Waals surface area contributed by atoms with Crippen molar-refractivity contribution in [2.75, 3.05) is 0 Å². The Morgan fingerprint density at radius 1 is 1.19 bits per heavy atom. The van der Waals surface area contributed by atoms with Crippen LogP contribution >= 0.6 is 15.9 Å². The van der Waals surface area contributed by atoms with Gasteiger partial charge in [0.05, 0.1) is 4.47 Å². The summed E-state index contributed by atoms with van der Waals surface area (Å²) in [4.78, 5) is 12.3. The second-order valence-electron chi connectivity index (χ2n) is 6.86. The minimum atomic E-state index is -0.383. The third-order valence-electron chi connectivity index (χ3n) is 5.93. The number of hydrogen-bond acceptors (Lipinski definition) is 1. The lowest BCUT2D eigenvalue weighted by molar-refractivity contribution is 0.0900. The van der Waals surface area contributed by atoms with Crippen molar-refractivity contribution in [2.24, 2.45) is 23.7 Å². The molecule has 2 nitrogen and oxygen atoms in total. The monoisotopic (exact) mass is 351 g/mol. The minimum Gasteiger partial charge on any atom is -0.349 e. The molecule has 0 aliphatic heterocycles. The van der Waals surface area contributed by atoms with Crippen molar-refractivity contribution in [3.05, 3.63) is 34.1 Å². The summed E-state index contributed by atoms with van der Waals surface area (Å²) in [5.74, 6) is 2.71. The van der Waals surface area contributed by atoms with Gasteiger partial charge >= 0.3 is 0 Å². The molecule has 4 heteroatoms. The number of nitrogens with one attached hydrogen (secondary N) is 1. The van der Waals surface area contributed by atoms with Crippen LogP contribution in [-0.2, 0) is 0 Å². The zero-order valence-electron chi connectivity index (χ0n) is 11.8. The Morgan fingerprint density at radius 2 is 2.00 bits per heavy atom. The highest BCUT2D eigenvalue weighted by atomic mass is 79.9. The molecule has 1 amide bonds. The molecule has 1 aromatic rings. The van der Waals surface area contributed by atoms with Gasteiger partial charge in [0.1, 0.15) is 5.82 Å². The average molecular weight is 352 g/mol. The predicted molar refractivity (Wildman–Crippen MR) is 82.4 cm³/mol. The Balaban J connectivity index is 1.47. The van der Waals surface area contributed by atoms with Crippen molar-refractivity contribution in [3.63, 3.8) is 0 Å². The Hall–Kier alpha value is -0.900. The van der Waals surface area contributed by atoms with Crippen LogP contribution in [0.5, 0.6) is 0 Å². The smallest absolute Gasteiger partial charge is 0.251 e. The molecule has 0 saturated heterocycles. The first-order chi connectivity index (χ1) is 10.1. The maximum absolute atomic E-state index is 13.6. The molecule has 112 valence electrons. The average Bonchev–Trinajstić information content (AvgIpc) is 3.13. The van der Waals surface area contributed by atoms with Gasteiger partial charge in [-0.25, -0.2) is 4.39 Å². The minimum absolute atomic E-state index is 0.131. The van der Waals surface area contributed by atoms with Crippen LogP contribution in [0.1, 0.15) is 42.5 Å². The van der Waals surface area contributed by atoms with Crippen LogP contribution in [0.4, 0.5) is 4.39 Å².